The van der Waals surface area contributed by atoms with E-state index < -0.39 is 41.8 Å². The van der Waals surface area contributed by atoms with Crippen molar-refractivity contribution in [3.05, 3.63) is 89.2 Å². The summed E-state index contributed by atoms with van der Waals surface area (Å²) in [4.78, 5) is 13.6. The van der Waals surface area contributed by atoms with E-state index >= 15 is 0 Å². The zero-order valence-electron chi connectivity index (χ0n) is 19.1. The van der Waals surface area contributed by atoms with Crippen LogP contribution in [0.2, 0.25) is 0 Å². The van der Waals surface area contributed by atoms with Gasteiger partial charge in [0, 0.05) is 12.6 Å². The molecule has 1 saturated heterocycles. The van der Waals surface area contributed by atoms with Gasteiger partial charge in [0.2, 0.25) is 0 Å². The number of methoxy groups -OCH3 is 1. The number of carbonyl (C=O) groups excluding carboxylic acids is 1. The van der Waals surface area contributed by atoms with Crippen molar-refractivity contribution in [2.75, 3.05) is 13.7 Å². The molecule has 196 valence electrons. The largest absolute Gasteiger partial charge is 0.573 e. The molecule has 6 nitrogen and oxygen atoms in total. The lowest BCUT2D eigenvalue weighted by Crippen LogP contribution is -2.24. The molecule has 12 heteroatoms. The standard InChI is InChI=1S/C25H19F6NO5/c1-34-18-9-10-20(21(26)12-18)24(27,28)36-19-4-2-3-16(11-19)22-14-32(23(33)35-22)13-15-5-7-17(8-6-15)37-25(29,30)31/h2-12,22H,13-14H2,1H3. The van der Waals surface area contributed by atoms with E-state index in [1.54, 1.807) is 6.07 Å². The van der Waals surface area contributed by atoms with Gasteiger partial charge in [-0.1, -0.05) is 24.3 Å². The van der Waals surface area contributed by atoms with Gasteiger partial charge in [0.1, 0.15) is 34.7 Å². The van der Waals surface area contributed by atoms with Crippen molar-refractivity contribution in [1.29, 1.82) is 0 Å². The molecular weight excluding hydrogens is 508 g/mol. The highest BCUT2D eigenvalue weighted by Crippen LogP contribution is 2.36. The molecule has 0 bridgehead atoms. The average molecular weight is 527 g/mol. The third-order valence-corrected chi connectivity index (χ3v) is 5.38. The molecule has 1 fully saturated rings. The van der Waals surface area contributed by atoms with Crippen molar-refractivity contribution in [3.63, 3.8) is 0 Å². The van der Waals surface area contributed by atoms with E-state index in [-0.39, 0.29) is 24.6 Å². The van der Waals surface area contributed by atoms with Crippen molar-refractivity contribution in [2.45, 2.75) is 25.1 Å². The van der Waals surface area contributed by atoms with Crippen LogP contribution in [0.15, 0.2) is 66.7 Å². The van der Waals surface area contributed by atoms with Crippen LogP contribution in [0.5, 0.6) is 17.2 Å². The lowest BCUT2D eigenvalue weighted by atomic mass is 10.1. The third kappa shape index (κ3) is 6.38. The van der Waals surface area contributed by atoms with E-state index in [9.17, 15) is 31.1 Å². The second-order valence-corrected chi connectivity index (χ2v) is 7.98. The van der Waals surface area contributed by atoms with E-state index in [4.69, 9.17) is 14.2 Å². The predicted octanol–water partition coefficient (Wildman–Crippen LogP) is 6.55. The Hall–Kier alpha value is -4.09. The van der Waals surface area contributed by atoms with Crippen molar-refractivity contribution in [3.8, 4) is 17.2 Å². The molecule has 0 radical (unpaired) electrons. The molecule has 0 aromatic heterocycles. The number of alkyl halides is 5. The molecule has 1 unspecified atom stereocenters. The fourth-order valence-electron chi connectivity index (χ4n) is 3.67. The van der Waals surface area contributed by atoms with Crippen LogP contribution in [0.1, 0.15) is 22.8 Å². The second kappa shape index (κ2) is 10.1. The molecule has 4 rings (SSSR count). The van der Waals surface area contributed by atoms with E-state index in [0.29, 0.717) is 11.1 Å². The smallest absolute Gasteiger partial charge is 0.497 e. The van der Waals surface area contributed by atoms with Gasteiger partial charge in [0.15, 0.2) is 0 Å². The molecule has 0 saturated carbocycles. The Labute approximate surface area is 206 Å². The first-order valence-corrected chi connectivity index (χ1v) is 10.7. The number of benzene rings is 3. The van der Waals surface area contributed by atoms with Crippen LogP contribution in [0, 0.1) is 5.82 Å². The SMILES string of the molecule is COc1ccc(C(F)(F)Oc2cccc(C3CN(Cc4ccc(OC(F)(F)F)cc4)C(=O)O3)c2)c(F)c1. The molecule has 0 N–H and O–H groups in total. The molecule has 1 aliphatic heterocycles. The van der Waals surface area contributed by atoms with Gasteiger partial charge in [-0.25, -0.2) is 9.18 Å². The summed E-state index contributed by atoms with van der Waals surface area (Å²) in [5.74, 6) is -1.83. The summed E-state index contributed by atoms with van der Waals surface area (Å²) in [6.07, 6.45) is -10.3. The van der Waals surface area contributed by atoms with Crippen molar-refractivity contribution < 1.29 is 50.1 Å². The van der Waals surface area contributed by atoms with Crippen LogP contribution >= 0.6 is 0 Å². The van der Waals surface area contributed by atoms with Crippen LogP contribution in [0.3, 0.4) is 0 Å². The summed E-state index contributed by atoms with van der Waals surface area (Å²) in [6, 6.07) is 13.3. The normalized spacial score (nSPS) is 15.9. The molecular formula is C25H19F6NO5. The highest BCUT2D eigenvalue weighted by atomic mass is 19.4. The highest BCUT2D eigenvalue weighted by molar-refractivity contribution is 5.70. The van der Waals surface area contributed by atoms with Gasteiger partial charge in [-0.2, -0.15) is 8.78 Å². The molecule has 3 aromatic rings. The molecule has 0 aliphatic carbocycles. The minimum atomic E-state index is -4.82. The van der Waals surface area contributed by atoms with E-state index in [0.717, 1.165) is 24.3 Å². The first-order chi connectivity index (χ1) is 17.4. The molecule has 1 heterocycles. The van der Waals surface area contributed by atoms with Gasteiger partial charge in [-0.3, -0.25) is 4.90 Å². The predicted molar refractivity (Wildman–Crippen MR) is 117 cm³/mol. The summed E-state index contributed by atoms with van der Waals surface area (Å²) in [7, 11) is 1.27. The molecule has 3 aromatic carbocycles. The first kappa shape index (κ1) is 26.0. The molecule has 1 atom stereocenters. The zero-order valence-corrected chi connectivity index (χ0v) is 19.1. The summed E-state index contributed by atoms with van der Waals surface area (Å²) in [6.45, 7) is 0.0826. The van der Waals surface area contributed by atoms with E-state index in [1.807, 2.05) is 0 Å². The number of hydrogen-bond acceptors (Lipinski definition) is 5. The quantitative estimate of drug-likeness (QED) is 0.311. The minimum Gasteiger partial charge on any atom is -0.497 e. The fourth-order valence-corrected chi connectivity index (χ4v) is 3.67. The van der Waals surface area contributed by atoms with Gasteiger partial charge >= 0.3 is 18.6 Å². The monoisotopic (exact) mass is 527 g/mol. The maximum atomic E-state index is 14.7. The first-order valence-electron chi connectivity index (χ1n) is 10.7. The van der Waals surface area contributed by atoms with Gasteiger partial charge in [-0.15, -0.1) is 13.2 Å². The Kier molecular flexibility index (Phi) is 7.10. The number of carbonyl (C=O) groups is 1. The van der Waals surface area contributed by atoms with Crippen LogP contribution < -0.4 is 14.2 Å². The summed E-state index contributed by atoms with van der Waals surface area (Å²) >= 11 is 0. The number of halogens is 6. The van der Waals surface area contributed by atoms with Crippen LogP contribution in [0.4, 0.5) is 31.1 Å². The number of nitrogens with zero attached hydrogens (tertiary/aromatic N) is 1. The van der Waals surface area contributed by atoms with Crippen LogP contribution in [-0.2, 0) is 17.4 Å². The number of amides is 1. The minimum absolute atomic E-state index is 0.0344. The van der Waals surface area contributed by atoms with Gasteiger partial charge in [0.25, 0.3) is 0 Å². The number of hydrogen-bond donors (Lipinski definition) is 0. The average Bonchev–Trinajstić information content (AvgIpc) is 3.19. The Balaban J connectivity index is 1.42. The van der Waals surface area contributed by atoms with E-state index in [2.05, 4.69) is 4.74 Å². The Bertz CT molecular complexity index is 1270. The Morgan fingerprint density at radius 2 is 1.62 bits per heavy atom. The van der Waals surface area contributed by atoms with Gasteiger partial charge in [-0.05, 0) is 47.5 Å². The lowest BCUT2D eigenvalue weighted by Gasteiger charge is -2.20. The maximum absolute atomic E-state index is 14.7. The molecule has 37 heavy (non-hydrogen) atoms. The van der Waals surface area contributed by atoms with Crippen LogP contribution in [0.25, 0.3) is 0 Å². The van der Waals surface area contributed by atoms with Crippen molar-refractivity contribution >= 4 is 6.09 Å². The number of rotatable bonds is 8. The topological polar surface area (TPSA) is 57.2 Å². The zero-order chi connectivity index (χ0) is 26.8. The highest BCUT2D eigenvalue weighted by Gasteiger charge is 2.38. The molecule has 1 amide bonds. The van der Waals surface area contributed by atoms with Gasteiger partial charge < -0.3 is 18.9 Å². The summed E-state index contributed by atoms with van der Waals surface area (Å²) in [5, 5.41) is 0. The summed E-state index contributed by atoms with van der Waals surface area (Å²) < 4.78 is 99.2. The lowest BCUT2D eigenvalue weighted by molar-refractivity contribution is -0.274. The van der Waals surface area contributed by atoms with Crippen molar-refractivity contribution in [2.24, 2.45) is 0 Å². The third-order valence-electron chi connectivity index (χ3n) is 5.38. The van der Waals surface area contributed by atoms with E-state index in [1.165, 1.54) is 48.4 Å². The maximum Gasteiger partial charge on any atom is 0.573 e. The fraction of sp³-hybridized carbons (Fsp3) is 0.240. The van der Waals surface area contributed by atoms with Gasteiger partial charge in [0.05, 0.1) is 13.7 Å². The second-order valence-electron chi connectivity index (χ2n) is 7.98. The Morgan fingerprint density at radius 1 is 0.919 bits per heavy atom. The molecule has 0 spiro atoms. The number of ether oxygens (including phenoxy) is 4. The number of cyclic esters (lactones) is 1. The van der Waals surface area contributed by atoms with Crippen molar-refractivity contribution in [1.82, 2.24) is 4.90 Å². The summed E-state index contributed by atoms with van der Waals surface area (Å²) in [5.41, 5.74) is -0.109. The Morgan fingerprint density at radius 3 is 2.27 bits per heavy atom. The molecule has 1 aliphatic rings. The van der Waals surface area contributed by atoms with Crippen LogP contribution in [-0.4, -0.2) is 31.0 Å².